The van der Waals surface area contributed by atoms with Gasteiger partial charge in [-0.15, -0.1) is 0 Å². The maximum Gasteiger partial charge on any atom is 0.312 e. The van der Waals surface area contributed by atoms with Crippen LogP contribution in [-0.2, 0) is 4.79 Å². The number of rotatable bonds is 4. The summed E-state index contributed by atoms with van der Waals surface area (Å²) >= 11 is 0. The highest BCUT2D eigenvalue weighted by Gasteiger charge is 2.24. The third-order valence-corrected chi connectivity index (χ3v) is 3.82. The quantitative estimate of drug-likeness (QED) is 0.889. The largest absolute Gasteiger partial charge is 0.481 e. The molecule has 1 saturated heterocycles. The molecule has 1 N–H and O–H groups in total. The molecule has 1 unspecified atom stereocenters. The van der Waals surface area contributed by atoms with Crippen LogP contribution in [0.1, 0.15) is 31.2 Å². The molecule has 1 heterocycles. The molecule has 3 heteroatoms. The summed E-state index contributed by atoms with van der Waals surface area (Å²) in [7, 11) is 0. The predicted octanol–water partition coefficient (Wildman–Crippen LogP) is 2.59. The summed E-state index contributed by atoms with van der Waals surface area (Å²) in [5.41, 5.74) is 0.906. The maximum atomic E-state index is 11.4. The molecule has 2 rings (SSSR count). The molecule has 0 saturated carbocycles. The maximum absolute atomic E-state index is 11.4. The van der Waals surface area contributed by atoms with Crippen molar-refractivity contribution < 1.29 is 9.90 Å². The average Bonchev–Trinajstić information content (AvgIpc) is 2.38. The predicted molar refractivity (Wildman–Crippen MR) is 71.7 cm³/mol. The third-order valence-electron chi connectivity index (χ3n) is 3.82. The first-order valence-corrected chi connectivity index (χ1v) is 6.67. The molecular weight excluding hydrogens is 226 g/mol. The summed E-state index contributed by atoms with van der Waals surface area (Å²) in [6, 6.07) is 9.55. The molecule has 0 radical (unpaired) electrons. The number of benzene rings is 1. The van der Waals surface area contributed by atoms with Crippen LogP contribution in [0.5, 0.6) is 0 Å². The highest BCUT2D eigenvalue weighted by atomic mass is 16.4. The zero-order valence-corrected chi connectivity index (χ0v) is 10.9. The Labute approximate surface area is 108 Å². The van der Waals surface area contributed by atoms with Crippen LogP contribution in [0.4, 0.5) is 0 Å². The number of nitrogens with zero attached hydrogens (tertiary/aromatic N) is 1. The van der Waals surface area contributed by atoms with Gasteiger partial charge in [0, 0.05) is 6.54 Å². The molecule has 0 spiro atoms. The van der Waals surface area contributed by atoms with Gasteiger partial charge in [-0.25, -0.2) is 0 Å². The second-order valence-corrected chi connectivity index (χ2v) is 5.28. The van der Waals surface area contributed by atoms with Crippen LogP contribution in [-0.4, -0.2) is 35.6 Å². The van der Waals surface area contributed by atoms with Crippen LogP contribution in [0.3, 0.4) is 0 Å². The van der Waals surface area contributed by atoms with Gasteiger partial charge < -0.3 is 10.0 Å². The number of hydrogen-bond acceptors (Lipinski definition) is 2. The number of aliphatic carboxylic acids is 1. The molecule has 98 valence electrons. The van der Waals surface area contributed by atoms with E-state index in [4.69, 9.17) is 0 Å². The minimum atomic E-state index is -0.722. The van der Waals surface area contributed by atoms with Gasteiger partial charge in [-0.05, 0) is 37.4 Å². The van der Waals surface area contributed by atoms with Crippen molar-refractivity contribution in [3.05, 3.63) is 35.9 Å². The summed E-state index contributed by atoms with van der Waals surface area (Å²) in [5, 5.41) is 9.38. The monoisotopic (exact) mass is 247 g/mol. The fourth-order valence-electron chi connectivity index (χ4n) is 2.51. The molecule has 1 fully saturated rings. The van der Waals surface area contributed by atoms with Crippen molar-refractivity contribution >= 4 is 5.97 Å². The summed E-state index contributed by atoms with van der Waals surface area (Å²) in [5.74, 6) is -0.347. The lowest BCUT2D eigenvalue weighted by Gasteiger charge is -2.32. The lowest BCUT2D eigenvalue weighted by Crippen LogP contribution is -2.37. The normalized spacial score (nSPS) is 19.6. The molecule has 1 aliphatic heterocycles. The number of carboxylic acid groups (broad SMARTS) is 1. The first-order valence-electron chi connectivity index (χ1n) is 6.67. The smallest absolute Gasteiger partial charge is 0.312 e. The van der Waals surface area contributed by atoms with E-state index < -0.39 is 11.9 Å². The fraction of sp³-hybridized carbons (Fsp3) is 0.533. The molecule has 0 bridgehead atoms. The van der Waals surface area contributed by atoms with Gasteiger partial charge in [0.15, 0.2) is 0 Å². The van der Waals surface area contributed by atoms with Crippen molar-refractivity contribution in [1.82, 2.24) is 4.90 Å². The van der Waals surface area contributed by atoms with E-state index in [-0.39, 0.29) is 0 Å². The standard InChI is InChI=1S/C15H21NO2/c1-12-7-9-16(10-8-12)11-14(15(17)18)13-5-3-2-4-6-13/h2-6,12,14H,7-11H2,1H3,(H,17,18). The topological polar surface area (TPSA) is 40.5 Å². The Morgan fingerprint density at radius 2 is 1.94 bits per heavy atom. The lowest BCUT2D eigenvalue weighted by molar-refractivity contribution is -0.139. The third kappa shape index (κ3) is 3.33. The van der Waals surface area contributed by atoms with Gasteiger partial charge in [0.1, 0.15) is 0 Å². The van der Waals surface area contributed by atoms with E-state index in [1.807, 2.05) is 30.3 Å². The Morgan fingerprint density at radius 1 is 1.33 bits per heavy atom. The summed E-state index contributed by atoms with van der Waals surface area (Å²) in [4.78, 5) is 13.7. The number of piperidine rings is 1. The Kier molecular flexibility index (Phi) is 4.37. The highest BCUT2D eigenvalue weighted by molar-refractivity contribution is 5.76. The van der Waals surface area contributed by atoms with Gasteiger partial charge in [-0.3, -0.25) is 4.79 Å². The average molecular weight is 247 g/mol. The molecule has 0 amide bonds. The molecular formula is C15H21NO2. The van der Waals surface area contributed by atoms with E-state index in [2.05, 4.69) is 11.8 Å². The van der Waals surface area contributed by atoms with Gasteiger partial charge >= 0.3 is 5.97 Å². The van der Waals surface area contributed by atoms with E-state index in [1.54, 1.807) is 0 Å². The van der Waals surface area contributed by atoms with Gasteiger partial charge in [0.05, 0.1) is 5.92 Å². The molecule has 18 heavy (non-hydrogen) atoms. The van der Waals surface area contributed by atoms with Crippen LogP contribution in [0.15, 0.2) is 30.3 Å². The minimum Gasteiger partial charge on any atom is -0.481 e. The number of likely N-dealkylation sites (tertiary alicyclic amines) is 1. The van der Waals surface area contributed by atoms with Gasteiger partial charge in [0.25, 0.3) is 0 Å². The van der Waals surface area contributed by atoms with Gasteiger partial charge in [-0.1, -0.05) is 37.3 Å². The van der Waals surface area contributed by atoms with E-state index in [0.29, 0.717) is 6.54 Å². The van der Waals surface area contributed by atoms with Crippen molar-refractivity contribution in [1.29, 1.82) is 0 Å². The lowest BCUT2D eigenvalue weighted by atomic mass is 9.95. The summed E-state index contributed by atoms with van der Waals surface area (Å²) < 4.78 is 0. The first kappa shape index (κ1) is 13.1. The highest BCUT2D eigenvalue weighted by Crippen LogP contribution is 2.21. The van der Waals surface area contributed by atoms with Crippen molar-refractivity contribution in [3.8, 4) is 0 Å². The molecule has 1 atom stereocenters. The van der Waals surface area contributed by atoms with Gasteiger partial charge in [0.2, 0.25) is 0 Å². The number of carboxylic acids is 1. The molecule has 0 aliphatic carbocycles. The van der Waals surface area contributed by atoms with Gasteiger partial charge in [-0.2, -0.15) is 0 Å². The van der Waals surface area contributed by atoms with Crippen molar-refractivity contribution in [2.75, 3.05) is 19.6 Å². The Morgan fingerprint density at radius 3 is 2.50 bits per heavy atom. The van der Waals surface area contributed by atoms with E-state index in [1.165, 1.54) is 12.8 Å². The van der Waals surface area contributed by atoms with Crippen LogP contribution in [0.25, 0.3) is 0 Å². The van der Waals surface area contributed by atoms with E-state index in [9.17, 15) is 9.90 Å². The number of carbonyl (C=O) groups is 1. The SMILES string of the molecule is CC1CCN(CC(C(=O)O)c2ccccc2)CC1. The summed E-state index contributed by atoms with van der Waals surface area (Å²) in [6.45, 7) is 4.95. The second-order valence-electron chi connectivity index (χ2n) is 5.28. The Balaban J connectivity index is 2.01. The van der Waals surface area contributed by atoms with Crippen molar-refractivity contribution in [2.45, 2.75) is 25.7 Å². The van der Waals surface area contributed by atoms with Crippen molar-refractivity contribution in [3.63, 3.8) is 0 Å². The zero-order chi connectivity index (χ0) is 13.0. The van der Waals surface area contributed by atoms with E-state index in [0.717, 1.165) is 24.6 Å². The van der Waals surface area contributed by atoms with Crippen molar-refractivity contribution in [2.24, 2.45) is 5.92 Å². The Bertz CT molecular complexity index is 383. The van der Waals surface area contributed by atoms with Crippen LogP contribution in [0.2, 0.25) is 0 Å². The zero-order valence-electron chi connectivity index (χ0n) is 10.9. The molecule has 1 aromatic rings. The number of hydrogen-bond donors (Lipinski definition) is 1. The molecule has 1 aliphatic rings. The first-order chi connectivity index (χ1) is 8.66. The minimum absolute atomic E-state index is 0.403. The molecule has 1 aromatic carbocycles. The second kappa shape index (κ2) is 6.01. The van der Waals surface area contributed by atoms with Crippen LogP contribution in [0, 0.1) is 5.92 Å². The molecule has 3 nitrogen and oxygen atoms in total. The molecule has 0 aromatic heterocycles. The van der Waals surface area contributed by atoms with Crippen LogP contribution >= 0.6 is 0 Å². The fourth-order valence-corrected chi connectivity index (χ4v) is 2.51. The summed E-state index contributed by atoms with van der Waals surface area (Å²) in [6.07, 6.45) is 2.36. The Hall–Kier alpha value is -1.35. The van der Waals surface area contributed by atoms with Crippen LogP contribution < -0.4 is 0 Å². The van der Waals surface area contributed by atoms with E-state index >= 15 is 0 Å².